The Morgan fingerprint density at radius 3 is 2.19 bits per heavy atom. The van der Waals surface area contributed by atoms with Crippen molar-refractivity contribution in [3.8, 4) is 0 Å². The molecule has 0 aliphatic carbocycles. The van der Waals surface area contributed by atoms with Gasteiger partial charge in [-0.2, -0.15) is 0 Å². The van der Waals surface area contributed by atoms with Gasteiger partial charge in [0.2, 0.25) is 0 Å². The van der Waals surface area contributed by atoms with Gasteiger partial charge in [0.15, 0.2) is 6.20 Å². The van der Waals surface area contributed by atoms with Crippen molar-refractivity contribution in [2.24, 2.45) is 0 Å². The summed E-state index contributed by atoms with van der Waals surface area (Å²) in [5, 5.41) is 10.7. The van der Waals surface area contributed by atoms with Gasteiger partial charge in [-0.05, 0) is 60.4 Å². The topological polar surface area (TPSA) is 62.5 Å². The molecule has 26 heavy (non-hydrogen) atoms. The number of aryl methyl sites for hydroxylation is 3. The lowest BCUT2D eigenvalue weighted by atomic mass is 9.93. The van der Waals surface area contributed by atoms with E-state index in [2.05, 4.69) is 54.6 Å². The standard InChI is InChI=1S/C20H26N4O2/c1-14-11-15(2)20(16(3)12-14)17(4)22-7-9-23(10-8-22)18-5-6-19(21-13-18)24(25)26/h5-6,11-13,17H,7-10H2,1-4H3/t17-/m1/s1. The molecule has 1 aliphatic rings. The first-order valence-electron chi connectivity index (χ1n) is 9.04. The van der Waals surface area contributed by atoms with Gasteiger partial charge in [0, 0.05) is 38.3 Å². The smallest absolute Gasteiger partial charge is 0.363 e. The van der Waals surface area contributed by atoms with Gasteiger partial charge in [-0.15, -0.1) is 0 Å². The maximum absolute atomic E-state index is 10.7. The molecule has 2 aromatic rings. The third-order valence-electron chi connectivity index (χ3n) is 5.30. The largest absolute Gasteiger partial charge is 0.366 e. The van der Waals surface area contributed by atoms with E-state index in [9.17, 15) is 10.1 Å². The number of piperazine rings is 1. The highest BCUT2D eigenvalue weighted by atomic mass is 16.6. The molecule has 3 rings (SSSR count). The highest BCUT2D eigenvalue weighted by molar-refractivity contribution is 5.47. The zero-order chi connectivity index (χ0) is 18.8. The minimum Gasteiger partial charge on any atom is -0.366 e. The summed E-state index contributed by atoms with van der Waals surface area (Å²) < 4.78 is 0. The monoisotopic (exact) mass is 354 g/mol. The van der Waals surface area contributed by atoms with Crippen molar-refractivity contribution in [2.45, 2.75) is 33.7 Å². The summed E-state index contributed by atoms with van der Waals surface area (Å²) in [7, 11) is 0. The molecule has 1 fully saturated rings. The highest BCUT2D eigenvalue weighted by Crippen LogP contribution is 2.29. The molecule has 2 heterocycles. The highest BCUT2D eigenvalue weighted by Gasteiger charge is 2.25. The van der Waals surface area contributed by atoms with Crippen LogP contribution in [0.4, 0.5) is 11.5 Å². The van der Waals surface area contributed by atoms with Gasteiger partial charge in [-0.25, -0.2) is 0 Å². The van der Waals surface area contributed by atoms with Crippen molar-refractivity contribution >= 4 is 11.5 Å². The molecule has 1 aromatic heterocycles. The second-order valence-electron chi connectivity index (χ2n) is 7.14. The molecule has 0 saturated carbocycles. The number of rotatable bonds is 4. The minimum atomic E-state index is -0.463. The van der Waals surface area contributed by atoms with Crippen molar-refractivity contribution in [3.63, 3.8) is 0 Å². The van der Waals surface area contributed by atoms with Crippen molar-refractivity contribution in [2.75, 3.05) is 31.1 Å². The zero-order valence-electron chi connectivity index (χ0n) is 15.9. The molecule has 6 heteroatoms. The van der Waals surface area contributed by atoms with E-state index < -0.39 is 4.92 Å². The molecule has 0 spiro atoms. The Labute approximate surface area is 154 Å². The van der Waals surface area contributed by atoms with Crippen molar-refractivity contribution in [3.05, 3.63) is 62.8 Å². The molecular formula is C20H26N4O2. The van der Waals surface area contributed by atoms with Crippen LogP contribution in [0.25, 0.3) is 0 Å². The molecule has 1 aliphatic heterocycles. The Morgan fingerprint density at radius 1 is 1.08 bits per heavy atom. The number of nitro groups is 1. The van der Waals surface area contributed by atoms with Crippen molar-refractivity contribution < 1.29 is 4.92 Å². The predicted molar refractivity (Wildman–Crippen MR) is 104 cm³/mol. The lowest BCUT2D eigenvalue weighted by molar-refractivity contribution is -0.389. The van der Waals surface area contributed by atoms with Gasteiger partial charge in [0.25, 0.3) is 0 Å². The molecule has 6 nitrogen and oxygen atoms in total. The number of anilines is 1. The average molecular weight is 354 g/mol. The summed E-state index contributed by atoms with van der Waals surface area (Å²) in [5.41, 5.74) is 6.41. The Bertz CT molecular complexity index is 773. The number of benzene rings is 1. The summed E-state index contributed by atoms with van der Waals surface area (Å²) in [6, 6.07) is 8.17. The predicted octanol–water partition coefficient (Wildman–Crippen LogP) is 3.80. The number of aromatic nitrogens is 1. The Hall–Kier alpha value is -2.47. The van der Waals surface area contributed by atoms with Crippen molar-refractivity contribution in [1.29, 1.82) is 0 Å². The molecular weight excluding hydrogens is 328 g/mol. The fourth-order valence-electron chi connectivity index (χ4n) is 4.07. The van der Waals surface area contributed by atoms with Crippen LogP contribution < -0.4 is 4.90 Å². The Kier molecular flexibility index (Phi) is 5.23. The van der Waals surface area contributed by atoms with Gasteiger partial charge in [0.1, 0.15) is 0 Å². The third-order valence-corrected chi connectivity index (χ3v) is 5.30. The molecule has 0 N–H and O–H groups in total. The minimum absolute atomic E-state index is 0.105. The summed E-state index contributed by atoms with van der Waals surface area (Å²) in [6.45, 7) is 12.5. The molecule has 0 amide bonds. The van der Waals surface area contributed by atoms with E-state index >= 15 is 0 Å². The summed E-state index contributed by atoms with van der Waals surface area (Å²) >= 11 is 0. The first kappa shape index (κ1) is 18.3. The lowest BCUT2D eigenvalue weighted by Gasteiger charge is -2.39. The van der Waals surface area contributed by atoms with Crippen LogP contribution >= 0.6 is 0 Å². The molecule has 0 bridgehead atoms. The maximum Gasteiger partial charge on any atom is 0.363 e. The first-order chi connectivity index (χ1) is 12.4. The van der Waals surface area contributed by atoms with Crippen LogP contribution in [-0.4, -0.2) is 41.0 Å². The summed E-state index contributed by atoms with van der Waals surface area (Å²) in [6.07, 6.45) is 1.60. The van der Waals surface area contributed by atoms with Gasteiger partial charge in [-0.3, -0.25) is 4.90 Å². The zero-order valence-corrected chi connectivity index (χ0v) is 15.9. The number of hydrogen-bond donors (Lipinski definition) is 0. The van der Waals surface area contributed by atoms with Crippen LogP contribution in [0.2, 0.25) is 0 Å². The Morgan fingerprint density at radius 2 is 1.69 bits per heavy atom. The third kappa shape index (κ3) is 3.70. The van der Waals surface area contributed by atoms with Crippen LogP contribution in [-0.2, 0) is 0 Å². The maximum atomic E-state index is 10.7. The van der Waals surface area contributed by atoms with E-state index in [0.717, 1.165) is 31.9 Å². The van der Waals surface area contributed by atoms with E-state index in [4.69, 9.17) is 0 Å². The van der Waals surface area contributed by atoms with Crippen LogP contribution in [0.3, 0.4) is 0 Å². The van der Waals surface area contributed by atoms with Crippen LogP contribution in [0.5, 0.6) is 0 Å². The second-order valence-corrected chi connectivity index (χ2v) is 7.14. The molecule has 1 aromatic carbocycles. The molecule has 1 atom stereocenters. The lowest BCUT2D eigenvalue weighted by Crippen LogP contribution is -2.47. The molecule has 0 radical (unpaired) electrons. The SMILES string of the molecule is Cc1cc(C)c([C@@H](C)N2CCN(c3ccc([N+](=O)[O-])nc3)CC2)c(C)c1. The molecule has 1 saturated heterocycles. The van der Waals surface area contributed by atoms with Crippen molar-refractivity contribution in [1.82, 2.24) is 9.88 Å². The van der Waals surface area contributed by atoms with E-state index in [1.165, 1.54) is 28.3 Å². The first-order valence-corrected chi connectivity index (χ1v) is 9.04. The molecule has 0 unspecified atom stereocenters. The van der Waals surface area contributed by atoms with Gasteiger partial charge in [0.05, 0.1) is 5.69 Å². The number of nitrogens with zero attached hydrogens (tertiary/aromatic N) is 4. The normalized spacial score (nSPS) is 16.5. The quantitative estimate of drug-likeness (QED) is 0.617. The van der Waals surface area contributed by atoms with E-state index in [1.54, 1.807) is 12.3 Å². The fraction of sp³-hybridized carbons (Fsp3) is 0.450. The number of hydrogen-bond acceptors (Lipinski definition) is 5. The summed E-state index contributed by atoms with van der Waals surface area (Å²) in [5.74, 6) is -0.105. The second kappa shape index (κ2) is 7.41. The van der Waals surface area contributed by atoms with E-state index in [-0.39, 0.29) is 5.82 Å². The fourth-order valence-corrected chi connectivity index (χ4v) is 4.07. The van der Waals surface area contributed by atoms with Gasteiger partial charge < -0.3 is 15.0 Å². The van der Waals surface area contributed by atoms with E-state index in [1.807, 2.05) is 0 Å². The van der Waals surface area contributed by atoms with Gasteiger partial charge >= 0.3 is 5.82 Å². The van der Waals surface area contributed by atoms with Gasteiger partial charge in [-0.1, -0.05) is 17.7 Å². The number of pyridine rings is 1. The van der Waals surface area contributed by atoms with Crippen LogP contribution in [0, 0.1) is 30.9 Å². The average Bonchev–Trinajstić information content (AvgIpc) is 2.61. The summed E-state index contributed by atoms with van der Waals surface area (Å²) in [4.78, 5) is 19.0. The van der Waals surface area contributed by atoms with E-state index in [0.29, 0.717) is 6.04 Å². The molecule has 138 valence electrons. The van der Waals surface area contributed by atoms with Crippen LogP contribution in [0.1, 0.15) is 35.2 Å². The Balaban J connectivity index is 1.67. The van der Waals surface area contributed by atoms with Crippen LogP contribution in [0.15, 0.2) is 30.5 Å².